The molecule has 0 bridgehead atoms. The molecule has 2 aromatic carbocycles. The van der Waals surface area contributed by atoms with Crippen molar-refractivity contribution in [3.63, 3.8) is 0 Å². The maximum atomic E-state index is 11.3. The number of pyridine rings is 1. The Morgan fingerprint density at radius 1 is 1.04 bits per heavy atom. The molecule has 0 aliphatic rings. The van der Waals surface area contributed by atoms with Gasteiger partial charge in [-0.05, 0) is 42.0 Å². The zero-order chi connectivity index (χ0) is 16.9. The van der Waals surface area contributed by atoms with E-state index in [1.165, 1.54) is 0 Å². The third-order valence-electron chi connectivity index (χ3n) is 3.66. The molecule has 3 aromatic rings. The van der Waals surface area contributed by atoms with E-state index in [0.717, 1.165) is 26.6 Å². The van der Waals surface area contributed by atoms with Crippen molar-refractivity contribution in [3.05, 3.63) is 75.9 Å². The van der Waals surface area contributed by atoms with Crippen LogP contribution in [0.15, 0.2) is 59.1 Å². The third kappa shape index (κ3) is 3.97. The summed E-state index contributed by atoms with van der Waals surface area (Å²) in [5, 5.41) is 13.0. The fraction of sp³-hybridized carbons (Fsp3) is 0.111. The van der Waals surface area contributed by atoms with Crippen molar-refractivity contribution in [2.24, 2.45) is 0 Å². The number of nitrogens with one attached hydrogen (secondary N) is 2. The van der Waals surface area contributed by atoms with Crippen LogP contribution in [-0.2, 0) is 13.1 Å². The summed E-state index contributed by atoms with van der Waals surface area (Å²) in [7, 11) is 0. The van der Waals surface area contributed by atoms with E-state index >= 15 is 0 Å². The Bertz CT molecular complexity index is 866. The molecule has 1 aromatic heterocycles. The Morgan fingerprint density at radius 2 is 1.83 bits per heavy atom. The largest absolute Gasteiger partial charge is 0.307 e. The van der Waals surface area contributed by atoms with E-state index in [1.807, 2.05) is 36.4 Å². The van der Waals surface area contributed by atoms with Crippen LogP contribution >= 0.6 is 15.9 Å². The lowest BCUT2D eigenvalue weighted by Crippen LogP contribution is -2.18. The average Bonchev–Trinajstić information content (AvgIpc) is 2.61. The topological polar surface area (TPSA) is 74.2 Å². The van der Waals surface area contributed by atoms with E-state index in [0.29, 0.717) is 18.7 Å². The Hall–Kier alpha value is -2.28. The number of benzene rings is 2. The molecule has 1 amide bonds. The Kier molecular flexibility index (Phi) is 5.20. The molecule has 0 spiro atoms. The lowest BCUT2D eigenvalue weighted by Gasteiger charge is -2.07. The zero-order valence-corrected chi connectivity index (χ0v) is 14.4. The molecule has 0 fully saturated rings. The number of rotatable bonds is 5. The molecule has 0 unspecified atom stereocenters. The first kappa shape index (κ1) is 16.6. The molecule has 3 rings (SSSR count). The molecular weight excluding hydrogens is 370 g/mol. The Balaban J connectivity index is 1.60. The number of carbonyl (C=O) groups is 1. The lowest BCUT2D eigenvalue weighted by molar-refractivity contribution is 0.0706. The third-order valence-corrected chi connectivity index (χ3v) is 4.16. The molecule has 1 heterocycles. The molecule has 6 heteroatoms. The van der Waals surface area contributed by atoms with Gasteiger partial charge in [0.15, 0.2) is 0 Å². The van der Waals surface area contributed by atoms with Gasteiger partial charge in [-0.2, -0.15) is 0 Å². The first-order valence-electron chi connectivity index (χ1n) is 7.45. The quantitative estimate of drug-likeness (QED) is 0.464. The van der Waals surface area contributed by atoms with Gasteiger partial charge in [0.25, 0.3) is 5.91 Å². The number of halogens is 1. The number of amides is 1. The van der Waals surface area contributed by atoms with Crippen LogP contribution < -0.4 is 10.8 Å². The summed E-state index contributed by atoms with van der Waals surface area (Å²) in [6.45, 7) is 1.33. The van der Waals surface area contributed by atoms with Crippen LogP contribution in [0.4, 0.5) is 0 Å². The van der Waals surface area contributed by atoms with Crippen LogP contribution in [0.2, 0.25) is 0 Å². The monoisotopic (exact) mass is 385 g/mol. The molecule has 5 nitrogen and oxygen atoms in total. The molecule has 3 N–H and O–H groups in total. The van der Waals surface area contributed by atoms with Crippen LogP contribution in [0.3, 0.4) is 0 Å². The lowest BCUT2D eigenvalue weighted by atomic mass is 10.1. The molecule has 0 saturated carbocycles. The van der Waals surface area contributed by atoms with E-state index in [9.17, 15) is 4.79 Å². The summed E-state index contributed by atoms with van der Waals surface area (Å²) in [5.41, 5.74) is 5.03. The predicted octanol–water partition coefficient (Wildman–Crippen LogP) is 3.41. The first-order valence-corrected chi connectivity index (χ1v) is 8.24. The zero-order valence-electron chi connectivity index (χ0n) is 12.8. The van der Waals surface area contributed by atoms with Gasteiger partial charge in [-0.15, -0.1) is 0 Å². The second-order valence-electron chi connectivity index (χ2n) is 5.38. The molecule has 122 valence electrons. The number of hydrogen-bond acceptors (Lipinski definition) is 4. The van der Waals surface area contributed by atoms with Crippen molar-refractivity contribution in [2.75, 3.05) is 0 Å². The molecule has 0 radical (unpaired) electrons. The van der Waals surface area contributed by atoms with Crippen LogP contribution in [0.1, 0.15) is 21.6 Å². The van der Waals surface area contributed by atoms with Gasteiger partial charge in [0, 0.05) is 28.5 Å². The fourth-order valence-electron chi connectivity index (χ4n) is 2.41. The van der Waals surface area contributed by atoms with Gasteiger partial charge in [0.05, 0.1) is 11.2 Å². The van der Waals surface area contributed by atoms with E-state index in [1.54, 1.807) is 17.6 Å². The van der Waals surface area contributed by atoms with E-state index < -0.39 is 5.91 Å². The second-order valence-corrected chi connectivity index (χ2v) is 6.30. The van der Waals surface area contributed by atoms with Gasteiger partial charge >= 0.3 is 0 Å². The SMILES string of the molecule is O=C(NO)c1ccc(CNCc2ccc3cc(Br)ccc3n2)cc1. The first-order chi connectivity index (χ1) is 11.7. The van der Waals surface area contributed by atoms with Crippen LogP contribution in [0.5, 0.6) is 0 Å². The average molecular weight is 386 g/mol. The number of aromatic nitrogens is 1. The minimum Gasteiger partial charge on any atom is -0.307 e. The van der Waals surface area contributed by atoms with Crippen LogP contribution in [-0.4, -0.2) is 16.1 Å². The Morgan fingerprint density at radius 3 is 2.58 bits per heavy atom. The highest BCUT2D eigenvalue weighted by molar-refractivity contribution is 9.10. The maximum Gasteiger partial charge on any atom is 0.274 e. The summed E-state index contributed by atoms with van der Waals surface area (Å²) < 4.78 is 1.04. The highest BCUT2D eigenvalue weighted by Gasteiger charge is 2.03. The van der Waals surface area contributed by atoms with Crippen molar-refractivity contribution >= 4 is 32.7 Å². The van der Waals surface area contributed by atoms with Crippen LogP contribution in [0, 0.1) is 0 Å². The summed E-state index contributed by atoms with van der Waals surface area (Å²) in [6, 6.07) is 17.1. The minimum atomic E-state index is -0.512. The molecule has 0 atom stereocenters. The predicted molar refractivity (Wildman–Crippen MR) is 95.7 cm³/mol. The van der Waals surface area contributed by atoms with Gasteiger partial charge in [0.2, 0.25) is 0 Å². The van der Waals surface area contributed by atoms with Crippen molar-refractivity contribution in [1.29, 1.82) is 0 Å². The summed E-state index contributed by atoms with van der Waals surface area (Å²) >= 11 is 3.46. The van der Waals surface area contributed by atoms with Gasteiger partial charge in [-0.1, -0.05) is 34.1 Å². The summed E-state index contributed by atoms with van der Waals surface area (Å²) in [4.78, 5) is 15.9. The molecule has 0 aliphatic carbocycles. The molecule has 24 heavy (non-hydrogen) atoms. The number of hydroxylamine groups is 1. The second kappa shape index (κ2) is 7.53. The number of carbonyl (C=O) groups excluding carboxylic acids is 1. The van der Waals surface area contributed by atoms with Crippen molar-refractivity contribution < 1.29 is 10.0 Å². The van der Waals surface area contributed by atoms with Gasteiger partial charge < -0.3 is 5.32 Å². The molecule has 0 saturated heterocycles. The van der Waals surface area contributed by atoms with Crippen molar-refractivity contribution in [1.82, 2.24) is 15.8 Å². The summed E-state index contributed by atoms with van der Waals surface area (Å²) in [5.74, 6) is -0.512. The number of hydrogen-bond donors (Lipinski definition) is 3. The summed E-state index contributed by atoms with van der Waals surface area (Å²) in [6.07, 6.45) is 0. The smallest absolute Gasteiger partial charge is 0.274 e. The normalized spacial score (nSPS) is 10.8. The highest BCUT2D eigenvalue weighted by Crippen LogP contribution is 2.18. The van der Waals surface area contributed by atoms with Gasteiger partial charge in [-0.25, -0.2) is 5.48 Å². The molecular formula is C18H16BrN3O2. The Labute approximate surface area is 147 Å². The standard InChI is InChI=1S/C18H16BrN3O2/c19-15-6-8-17-14(9-15)5-7-16(21-17)11-20-10-12-1-3-13(4-2-12)18(23)22-24/h1-9,20,24H,10-11H2,(H,22,23). The number of nitrogens with zero attached hydrogens (tertiary/aromatic N) is 1. The highest BCUT2D eigenvalue weighted by atomic mass is 79.9. The van der Waals surface area contributed by atoms with Crippen LogP contribution in [0.25, 0.3) is 10.9 Å². The van der Waals surface area contributed by atoms with E-state index in [-0.39, 0.29) is 0 Å². The van der Waals surface area contributed by atoms with E-state index in [2.05, 4.69) is 32.3 Å². The minimum absolute atomic E-state index is 0.420. The van der Waals surface area contributed by atoms with Gasteiger partial charge in [-0.3, -0.25) is 15.0 Å². The maximum absolute atomic E-state index is 11.3. The number of fused-ring (bicyclic) bond motifs is 1. The van der Waals surface area contributed by atoms with Crippen molar-refractivity contribution in [2.45, 2.75) is 13.1 Å². The van der Waals surface area contributed by atoms with Crippen molar-refractivity contribution in [3.8, 4) is 0 Å². The van der Waals surface area contributed by atoms with E-state index in [4.69, 9.17) is 5.21 Å². The fourth-order valence-corrected chi connectivity index (χ4v) is 2.79. The van der Waals surface area contributed by atoms with Gasteiger partial charge in [0.1, 0.15) is 0 Å². The molecule has 0 aliphatic heterocycles.